The zero-order valence-electron chi connectivity index (χ0n) is 16.5. The third kappa shape index (κ3) is 3.69. The molecule has 4 rings (SSSR count). The number of esters is 1. The van der Waals surface area contributed by atoms with E-state index in [4.69, 9.17) is 4.74 Å². The molecule has 2 fully saturated rings. The van der Waals surface area contributed by atoms with E-state index in [1.807, 2.05) is 25.1 Å². The minimum absolute atomic E-state index is 0.148. The molecule has 1 aliphatic heterocycles. The van der Waals surface area contributed by atoms with Gasteiger partial charge in [-0.2, -0.15) is 0 Å². The van der Waals surface area contributed by atoms with Crippen molar-refractivity contribution in [3.8, 4) is 0 Å². The van der Waals surface area contributed by atoms with Crippen LogP contribution in [0.1, 0.15) is 54.4 Å². The van der Waals surface area contributed by atoms with Crippen molar-refractivity contribution in [1.82, 2.24) is 0 Å². The van der Waals surface area contributed by atoms with Crippen LogP contribution in [-0.2, 0) is 14.3 Å². The Hall–Kier alpha value is -2.95. The number of benzene rings is 2. The molecule has 2 amide bonds. The molecular formula is C24H25NO4. The molecule has 2 aromatic rings. The molecule has 1 saturated heterocycles. The minimum atomic E-state index is -0.436. The van der Waals surface area contributed by atoms with E-state index in [1.165, 1.54) is 10.5 Å². The van der Waals surface area contributed by atoms with Gasteiger partial charge in [-0.05, 0) is 55.4 Å². The van der Waals surface area contributed by atoms with E-state index >= 15 is 0 Å². The quantitative estimate of drug-likeness (QED) is 0.562. The Balaban J connectivity index is 1.55. The molecule has 0 radical (unpaired) electrons. The third-order valence-corrected chi connectivity index (χ3v) is 5.97. The van der Waals surface area contributed by atoms with Crippen molar-refractivity contribution in [3.05, 3.63) is 65.7 Å². The topological polar surface area (TPSA) is 63.7 Å². The second-order valence-corrected chi connectivity index (χ2v) is 7.83. The smallest absolute Gasteiger partial charge is 0.338 e. The van der Waals surface area contributed by atoms with Gasteiger partial charge in [-0.3, -0.25) is 14.5 Å². The first-order valence-corrected chi connectivity index (χ1v) is 10.3. The summed E-state index contributed by atoms with van der Waals surface area (Å²) in [7, 11) is 0. The van der Waals surface area contributed by atoms with Crippen molar-refractivity contribution in [2.24, 2.45) is 11.8 Å². The molecule has 1 aliphatic carbocycles. The largest absolute Gasteiger partial charge is 0.462 e. The molecule has 2 aromatic carbocycles. The number of ether oxygens (including phenoxy) is 1. The van der Waals surface area contributed by atoms with Crippen LogP contribution in [0.2, 0.25) is 0 Å². The van der Waals surface area contributed by atoms with Gasteiger partial charge in [0, 0.05) is 0 Å². The van der Waals surface area contributed by atoms with Gasteiger partial charge in [0.1, 0.15) is 0 Å². The fraction of sp³-hybridized carbons (Fsp3) is 0.375. The normalized spacial score (nSPS) is 23.8. The molecule has 1 heterocycles. The van der Waals surface area contributed by atoms with Gasteiger partial charge in [-0.25, -0.2) is 4.79 Å². The Bertz CT molecular complexity index is 923. The molecule has 29 heavy (non-hydrogen) atoms. The molecule has 3 atom stereocenters. The Morgan fingerprint density at radius 2 is 1.76 bits per heavy atom. The Kier molecular flexibility index (Phi) is 5.47. The summed E-state index contributed by atoms with van der Waals surface area (Å²) in [5, 5.41) is 0. The first-order valence-electron chi connectivity index (χ1n) is 10.3. The lowest BCUT2D eigenvalue weighted by Crippen LogP contribution is -2.31. The monoisotopic (exact) mass is 391 g/mol. The van der Waals surface area contributed by atoms with Crippen molar-refractivity contribution in [2.75, 3.05) is 11.5 Å². The van der Waals surface area contributed by atoms with Gasteiger partial charge < -0.3 is 4.74 Å². The van der Waals surface area contributed by atoms with E-state index in [1.54, 1.807) is 24.3 Å². The van der Waals surface area contributed by atoms with Crippen LogP contribution in [0.3, 0.4) is 0 Å². The summed E-state index contributed by atoms with van der Waals surface area (Å²) < 4.78 is 5.18. The average molecular weight is 391 g/mol. The Morgan fingerprint density at radius 1 is 1.00 bits per heavy atom. The maximum absolute atomic E-state index is 13.2. The maximum atomic E-state index is 13.2. The van der Waals surface area contributed by atoms with E-state index in [-0.39, 0.29) is 23.7 Å². The van der Waals surface area contributed by atoms with Crippen molar-refractivity contribution in [3.63, 3.8) is 0 Å². The number of fused-ring (bicyclic) bond motifs is 1. The van der Waals surface area contributed by atoms with Crippen LogP contribution in [0.5, 0.6) is 0 Å². The van der Waals surface area contributed by atoms with Gasteiger partial charge in [0.2, 0.25) is 11.8 Å². The molecule has 0 unspecified atom stereocenters. The Morgan fingerprint density at radius 3 is 2.52 bits per heavy atom. The zero-order chi connectivity index (χ0) is 20.4. The lowest BCUT2D eigenvalue weighted by Gasteiger charge is -2.28. The standard InChI is InChI=1S/C24H25NO4/c1-2-13-29-24(28)18-9-6-10-19(14-18)25-22(26)20-12-11-17(15-21(20)23(25)27)16-7-4-3-5-8-16/h3-10,14,17,20-21H,2,11-13,15H2,1H3/t17-,20-,21-/m1/s1. The number of carbonyl (C=O) groups is 3. The second kappa shape index (κ2) is 8.19. The highest BCUT2D eigenvalue weighted by molar-refractivity contribution is 6.22. The number of nitrogens with zero attached hydrogens (tertiary/aromatic N) is 1. The molecule has 150 valence electrons. The number of carbonyl (C=O) groups excluding carboxylic acids is 3. The SMILES string of the molecule is CCCOC(=O)c1cccc(N2C(=O)[C@@H]3CC[C@@H](c4ccccc4)C[C@H]3C2=O)c1. The van der Waals surface area contributed by atoms with Crippen LogP contribution in [0.15, 0.2) is 54.6 Å². The van der Waals surface area contributed by atoms with Gasteiger partial charge in [-0.1, -0.05) is 43.3 Å². The van der Waals surface area contributed by atoms with Gasteiger partial charge in [0.05, 0.1) is 29.7 Å². The molecule has 0 N–H and O–H groups in total. The molecule has 0 aromatic heterocycles. The summed E-state index contributed by atoms with van der Waals surface area (Å²) in [6.45, 7) is 2.27. The van der Waals surface area contributed by atoms with E-state index in [0.717, 1.165) is 12.8 Å². The highest BCUT2D eigenvalue weighted by atomic mass is 16.5. The van der Waals surface area contributed by atoms with E-state index in [9.17, 15) is 14.4 Å². The van der Waals surface area contributed by atoms with Gasteiger partial charge in [-0.15, -0.1) is 0 Å². The van der Waals surface area contributed by atoms with Crippen LogP contribution in [0, 0.1) is 11.8 Å². The van der Waals surface area contributed by atoms with Gasteiger partial charge in [0.15, 0.2) is 0 Å². The summed E-state index contributed by atoms with van der Waals surface area (Å²) in [4.78, 5) is 39.7. The number of hydrogen-bond donors (Lipinski definition) is 0. The highest BCUT2D eigenvalue weighted by Gasteiger charge is 2.50. The summed E-state index contributed by atoms with van der Waals surface area (Å²) in [6.07, 6.45) is 3.04. The Labute approximate surface area is 170 Å². The van der Waals surface area contributed by atoms with Crippen LogP contribution in [-0.4, -0.2) is 24.4 Å². The zero-order valence-corrected chi connectivity index (χ0v) is 16.5. The first-order chi connectivity index (χ1) is 14.1. The van der Waals surface area contributed by atoms with E-state index in [2.05, 4.69) is 12.1 Å². The molecule has 1 saturated carbocycles. The number of hydrogen-bond acceptors (Lipinski definition) is 4. The second-order valence-electron chi connectivity index (χ2n) is 7.83. The van der Waals surface area contributed by atoms with Crippen molar-refractivity contribution < 1.29 is 19.1 Å². The van der Waals surface area contributed by atoms with Gasteiger partial charge in [0.25, 0.3) is 0 Å². The minimum Gasteiger partial charge on any atom is -0.462 e. The third-order valence-electron chi connectivity index (χ3n) is 5.97. The average Bonchev–Trinajstić information content (AvgIpc) is 3.02. The summed E-state index contributed by atoms with van der Waals surface area (Å²) in [5.74, 6) is -1.00. The summed E-state index contributed by atoms with van der Waals surface area (Å²) in [5.41, 5.74) is 2.04. The fourth-order valence-corrected chi connectivity index (χ4v) is 4.51. The number of rotatable bonds is 5. The van der Waals surface area contributed by atoms with Gasteiger partial charge >= 0.3 is 5.97 Å². The summed E-state index contributed by atoms with van der Waals surface area (Å²) in [6, 6.07) is 16.8. The molecule has 0 spiro atoms. The molecule has 5 heteroatoms. The van der Waals surface area contributed by atoms with Crippen molar-refractivity contribution >= 4 is 23.5 Å². The first kappa shape index (κ1) is 19.4. The summed E-state index contributed by atoms with van der Waals surface area (Å²) >= 11 is 0. The molecule has 5 nitrogen and oxygen atoms in total. The maximum Gasteiger partial charge on any atom is 0.338 e. The van der Waals surface area contributed by atoms with E-state index < -0.39 is 5.97 Å². The number of amides is 2. The van der Waals surface area contributed by atoms with Crippen LogP contribution >= 0.6 is 0 Å². The van der Waals surface area contributed by atoms with E-state index in [0.29, 0.717) is 36.6 Å². The molecular weight excluding hydrogens is 366 g/mol. The van der Waals surface area contributed by atoms with Crippen molar-refractivity contribution in [2.45, 2.75) is 38.5 Å². The van der Waals surface area contributed by atoms with Crippen LogP contribution < -0.4 is 4.90 Å². The molecule has 2 aliphatic rings. The predicted octanol–water partition coefficient (Wildman–Crippen LogP) is 4.33. The number of imide groups is 1. The highest BCUT2D eigenvalue weighted by Crippen LogP contribution is 2.45. The van der Waals surface area contributed by atoms with Crippen LogP contribution in [0.25, 0.3) is 0 Å². The van der Waals surface area contributed by atoms with Crippen molar-refractivity contribution in [1.29, 1.82) is 0 Å². The predicted molar refractivity (Wildman–Crippen MR) is 110 cm³/mol. The number of anilines is 1. The molecule has 0 bridgehead atoms. The lowest BCUT2D eigenvalue weighted by atomic mass is 9.73. The fourth-order valence-electron chi connectivity index (χ4n) is 4.51. The lowest BCUT2D eigenvalue weighted by molar-refractivity contribution is -0.122. The van der Waals surface area contributed by atoms with Crippen LogP contribution in [0.4, 0.5) is 5.69 Å².